The van der Waals surface area contributed by atoms with Crippen molar-refractivity contribution in [3.8, 4) is 0 Å². The van der Waals surface area contributed by atoms with E-state index in [0.29, 0.717) is 12.6 Å². The van der Waals surface area contributed by atoms with Crippen molar-refractivity contribution in [2.24, 2.45) is 0 Å². The van der Waals surface area contributed by atoms with Gasteiger partial charge in [-0.2, -0.15) is 6.54 Å². The second-order valence-electron chi connectivity index (χ2n) is 2.92. The molecule has 1 radical (unpaired) electrons. The molecule has 65 valence electrons. The van der Waals surface area contributed by atoms with E-state index in [9.17, 15) is 0 Å². The van der Waals surface area contributed by atoms with Crippen LogP contribution in [0.2, 0.25) is 0 Å². The van der Waals surface area contributed by atoms with Crippen LogP contribution in [0.4, 0.5) is 0 Å². The summed E-state index contributed by atoms with van der Waals surface area (Å²) in [6.07, 6.45) is 3.47. The molecule has 2 N–H and O–H groups in total. The molecule has 2 nitrogen and oxygen atoms in total. The van der Waals surface area contributed by atoms with Gasteiger partial charge in [0.25, 0.3) is 0 Å². The van der Waals surface area contributed by atoms with E-state index in [-0.39, 0.29) is 32.7 Å². The van der Waals surface area contributed by atoms with Crippen molar-refractivity contribution in [3.63, 3.8) is 0 Å². The zero-order valence-corrected chi connectivity index (χ0v) is 10.5. The summed E-state index contributed by atoms with van der Waals surface area (Å²) >= 11 is 0. The van der Waals surface area contributed by atoms with Crippen LogP contribution in [0.5, 0.6) is 0 Å². The zero-order valence-electron chi connectivity index (χ0n) is 7.69. The van der Waals surface area contributed by atoms with Crippen molar-refractivity contribution in [2.45, 2.75) is 39.2 Å². The molecule has 11 heavy (non-hydrogen) atoms. The predicted octanol–water partition coefficient (Wildman–Crippen LogP) is 2.20. The van der Waals surface area contributed by atoms with Gasteiger partial charge in [0, 0.05) is 38.8 Å². The Morgan fingerprint density at radius 3 is 2.27 bits per heavy atom. The van der Waals surface area contributed by atoms with Crippen LogP contribution >= 0.6 is 0 Å². The first-order valence-corrected chi connectivity index (χ1v) is 4.15. The van der Waals surface area contributed by atoms with Gasteiger partial charge in [0.1, 0.15) is 0 Å². The fourth-order valence-electron chi connectivity index (χ4n) is 0.818. The van der Waals surface area contributed by atoms with Crippen LogP contribution in [0.25, 0.3) is 5.73 Å². The molecule has 3 heteroatoms. The molecular weight excluding hydrogens is 213 g/mol. The Bertz CT molecular complexity index is 67.1. The number of nitrogens with one attached hydrogen (secondary N) is 2. The topological polar surface area (TPSA) is 35.8 Å². The van der Waals surface area contributed by atoms with Gasteiger partial charge in [-0.1, -0.05) is 26.7 Å². The Morgan fingerprint density at radius 1 is 1.18 bits per heavy atom. The molecule has 0 aliphatic heterocycles. The summed E-state index contributed by atoms with van der Waals surface area (Å²) in [6, 6.07) is 0.607. The third-order valence-corrected chi connectivity index (χ3v) is 1.41. The zero-order chi connectivity index (χ0) is 7.82. The van der Waals surface area contributed by atoms with Gasteiger partial charge in [0.05, 0.1) is 0 Å². The van der Waals surface area contributed by atoms with Crippen LogP contribution in [0.3, 0.4) is 0 Å². The van der Waals surface area contributed by atoms with Crippen molar-refractivity contribution in [2.75, 3.05) is 13.1 Å². The van der Waals surface area contributed by atoms with E-state index in [1.165, 1.54) is 12.8 Å². The molecule has 0 atom stereocenters. The van der Waals surface area contributed by atoms with E-state index >= 15 is 0 Å². The molecule has 0 rings (SSSR count). The van der Waals surface area contributed by atoms with E-state index in [1.807, 2.05) is 0 Å². The van der Waals surface area contributed by atoms with Crippen molar-refractivity contribution < 1.29 is 32.7 Å². The maximum atomic E-state index is 6.90. The summed E-state index contributed by atoms with van der Waals surface area (Å²) in [5.74, 6) is 0. The number of unbranched alkanes of at least 4 members (excludes halogenated alkanes) is 2. The van der Waals surface area contributed by atoms with Gasteiger partial charge in [0.15, 0.2) is 0 Å². The van der Waals surface area contributed by atoms with Gasteiger partial charge in [-0.15, -0.1) is 0 Å². The molecule has 0 saturated heterocycles. The third-order valence-electron chi connectivity index (χ3n) is 1.41. The Morgan fingerprint density at radius 2 is 1.82 bits per heavy atom. The molecule has 0 heterocycles. The van der Waals surface area contributed by atoms with Gasteiger partial charge in [0.2, 0.25) is 0 Å². The monoisotopic (exact) mass is 232 g/mol. The van der Waals surface area contributed by atoms with Crippen molar-refractivity contribution in [1.82, 2.24) is 5.32 Å². The average Bonchev–Trinajstić information content (AvgIpc) is 1.87. The maximum Gasteiger partial charge on any atom is 0.00103 e. The van der Waals surface area contributed by atoms with Crippen molar-refractivity contribution in [1.29, 1.82) is 0 Å². The largest absolute Gasteiger partial charge is 0.677 e. The molecular formula is C8H19N2Y-. The minimum atomic E-state index is 0. The van der Waals surface area contributed by atoms with Gasteiger partial charge < -0.3 is 11.1 Å². The van der Waals surface area contributed by atoms with Gasteiger partial charge in [-0.3, -0.25) is 0 Å². The van der Waals surface area contributed by atoms with Crippen LogP contribution < -0.4 is 5.32 Å². The minimum Gasteiger partial charge on any atom is -0.677 e. The van der Waals surface area contributed by atoms with E-state index in [4.69, 9.17) is 5.73 Å². The number of rotatable bonds is 6. The first-order valence-electron chi connectivity index (χ1n) is 4.15. The molecule has 0 spiro atoms. The van der Waals surface area contributed by atoms with Gasteiger partial charge >= 0.3 is 0 Å². The first-order chi connectivity index (χ1) is 4.77. The summed E-state index contributed by atoms with van der Waals surface area (Å²) in [6.45, 7) is 6.01. The van der Waals surface area contributed by atoms with Crippen molar-refractivity contribution in [3.05, 3.63) is 5.73 Å². The van der Waals surface area contributed by atoms with Crippen LogP contribution in [-0.4, -0.2) is 19.1 Å². The molecule has 0 fully saturated rings. The van der Waals surface area contributed by atoms with Crippen LogP contribution in [0.15, 0.2) is 0 Å². The van der Waals surface area contributed by atoms with E-state index in [2.05, 4.69) is 19.2 Å². The maximum absolute atomic E-state index is 6.90. The second kappa shape index (κ2) is 11.0. The molecule has 0 aromatic heterocycles. The fraction of sp³-hybridized carbons (Fsp3) is 1.00. The number of hydrogen-bond donors (Lipinski definition) is 1. The Hall–Kier alpha value is 1.02. The van der Waals surface area contributed by atoms with E-state index < -0.39 is 0 Å². The second-order valence-corrected chi connectivity index (χ2v) is 2.92. The van der Waals surface area contributed by atoms with Crippen LogP contribution in [-0.2, 0) is 32.7 Å². The summed E-state index contributed by atoms with van der Waals surface area (Å²) in [7, 11) is 0. The molecule has 0 aromatic rings. The normalized spacial score (nSPS) is 9.82. The molecule has 0 aliphatic carbocycles. The Labute approximate surface area is 95.6 Å². The summed E-state index contributed by atoms with van der Waals surface area (Å²) in [4.78, 5) is 0. The molecule has 0 saturated carbocycles. The fourth-order valence-corrected chi connectivity index (χ4v) is 0.818. The van der Waals surface area contributed by atoms with E-state index in [1.54, 1.807) is 0 Å². The smallest absolute Gasteiger partial charge is 0.00103 e. The van der Waals surface area contributed by atoms with Crippen LogP contribution in [0.1, 0.15) is 33.1 Å². The first kappa shape index (κ1) is 14.5. The Balaban J connectivity index is 0. The molecule has 0 aliphatic rings. The summed E-state index contributed by atoms with van der Waals surface area (Å²) in [5.41, 5.74) is 6.90. The molecule has 0 aromatic carbocycles. The summed E-state index contributed by atoms with van der Waals surface area (Å²) < 4.78 is 0. The molecule has 0 unspecified atom stereocenters. The number of hydrogen-bond acceptors (Lipinski definition) is 1. The SMILES string of the molecule is CC(C)NCCCCC[NH-].[Y]. The Kier molecular flexibility index (Phi) is 14.6. The molecule has 0 bridgehead atoms. The van der Waals surface area contributed by atoms with Gasteiger partial charge in [-0.05, 0) is 13.0 Å². The summed E-state index contributed by atoms with van der Waals surface area (Å²) in [5, 5.41) is 3.34. The quantitative estimate of drug-likeness (QED) is 0.700. The third kappa shape index (κ3) is 13.9. The average molecular weight is 232 g/mol. The van der Waals surface area contributed by atoms with Gasteiger partial charge in [-0.25, -0.2) is 0 Å². The minimum absolute atomic E-state index is 0. The van der Waals surface area contributed by atoms with Crippen molar-refractivity contribution >= 4 is 0 Å². The molecule has 0 amide bonds. The van der Waals surface area contributed by atoms with E-state index in [0.717, 1.165) is 13.0 Å². The standard InChI is InChI=1S/C8H19N2.Y/c1-8(2)10-7-5-3-4-6-9;/h8-10H,3-7H2,1-2H3;/q-1;. The van der Waals surface area contributed by atoms with Crippen LogP contribution in [0, 0.1) is 0 Å². The predicted molar refractivity (Wildman–Crippen MR) is 46.2 cm³/mol.